The maximum Gasteiger partial charge on any atom is 0.224 e. The molecule has 1 aliphatic heterocycles. The van der Waals surface area contributed by atoms with Crippen molar-refractivity contribution >= 4 is 16.7 Å². The molecule has 2 N–H and O–H groups in total. The minimum Gasteiger partial charge on any atom is -0.383 e. The number of nitrogens with two attached hydrogens (primary N) is 1. The molecule has 2 atom stereocenters. The van der Waals surface area contributed by atoms with E-state index in [1.165, 1.54) is 0 Å². The highest BCUT2D eigenvalue weighted by Crippen LogP contribution is 2.35. The molecule has 1 aliphatic rings. The number of aromatic nitrogens is 1. The first-order valence-electron chi connectivity index (χ1n) is 7.09. The minimum atomic E-state index is -0.207. The number of pyridine rings is 1. The summed E-state index contributed by atoms with van der Waals surface area (Å²) in [5.41, 5.74) is 7.24. The summed E-state index contributed by atoms with van der Waals surface area (Å²) in [5.74, 6) is 0.0810. The van der Waals surface area contributed by atoms with Gasteiger partial charge in [0.25, 0.3) is 0 Å². The van der Waals surface area contributed by atoms with Crippen molar-refractivity contribution in [3.8, 4) is 0 Å². The lowest BCUT2D eigenvalue weighted by atomic mass is 9.97. The van der Waals surface area contributed by atoms with Crippen molar-refractivity contribution in [2.24, 2.45) is 5.73 Å². The van der Waals surface area contributed by atoms with Crippen LogP contribution < -0.4 is 5.73 Å². The second kappa shape index (κ2) is 5.79. The van der Waals surface area contributed by atoms with Crippen LogP contribution in [0.5, 0.6) is 0 Å². The van der Waals surface area contributed by atoms with Crippen molar-refractivity contribution in [3.63, 3.8) is 0 Å². The fourth-order valence-electron chi connectivity index (χ4n) is 3.04. The van der Waals surface area contributed by atoms with Gasteiger partial charge < -0.3 is 15.4 Å². The van der Waals surface area contributed by atoms with Gasteiger partial charge in [0.05, 0.1) is 12.6 Å². The van der Waals surface area contributed by atoms with Crippen LogP contribution in [0.1, 0.15) is 18.0 Å². The molecule has 5 heteroatoms. The predicted molar refractivity (Wildman–Crippen MR) is 80.7 cm³/mol. The number of nitrogens with zero attached hydrogens (tertiary/aromatic N) is 2. The topological polar surface area (TPSA) is 68.5 Å². The van der Waals surface area contributed by atoms with E-state index in [4.69, 9.17) is 10.5 Å². The van der Waals surface area contributed by atoms with Gasteiger partial charge in [0.15, 0.2) is 0 Å². The summed E-state index contributed by atoms with van der Waals surface area (Å²) < 4.78 is 5.11. The van der Waals surface area contributed by atoms with Crippen LogP contribution in [0.15, 0.2) is 36.7 Å². The lowest BCUT2D eigenvalue weighted by molar-refractivity contribution is -0.129. The van der Waals surface area contributed by atoms with E-state index in [2.05, 4.69) is 11.1 Å². The van der Waals surface area contributed by atoms with Crippen molar-refractivity contribution in [3.05, 3.63) is 42.2 Å². The molecule has 0 saturated carbocycles. The number of methoxy groups -OCH3 is 1. The summed E-state index contributed by atoms with van der Waals surface area (Å²) in [5, 5.41) is 2.17. The molecule has 2 heterocycles. The maximum absolute atomic E-state index is 12.2. The van der Waals surface area contributed by atoms with Crippen LogP contribution in [-0.2, 0) is 9.53 Å². The Hall–Kier alpha value is -1.98. The average molecular weight is 285 g/mol. The van der Waals surface area contributed by atoms with Crippen molar-refractivity contribution < 1.29 is 9.53 Å². The molecule has 0 aliphatic carbocycles. The molecule has 1 saturated heterocycles. The summed E-state index contributed by atoms with van der Waals surface area (Å²) >= 11 is 0. The molecule has 21 heavy (non-hydrogen) atoms. The van der Waals surface area contributed by atoms with Gasteiger partial charge in [-0.2, -0.15) is 0 Å². The Morgan fingerprint density at radius 3 is 3.00 bits per heavy atom. The average Bonchev–Trinajstić information content (AvgIpc) is 2.78. The molecular weight excluding hydrogens is 266 g/mol. The molecule has 3 rings (SSSR count). The van der Waals surface area contributed by atoms with Gasteiger partial charge in [0.1, 0.15) is 0 Å². The van der Waals surface area contributed by atoms with Crippen molar-refractivity contribution in [1.82, 2.24) is 9.88 Å². The van der Waals surface area contributed by atoms with Crippen LogP contribution in [0.2, 0.25) is 0 Å². The fourth-order valence-corrected chi connectivity index (χ4v) is 3.04. The lowest BCUT2D eigenvalue weighted by Crippen LogP contribution is -2.35. The number of likely N-dealkylation sites (tertiary alicyclic amines) is 1. The number of hydrogen-bond acceptors (Lipinski definition) is 4. The van der Waals surface area contributed by atoms with E-state index >= 15 is 0 Å². The van der Waals surface area contributed by atoms with E-state index in [1.54, 1.807) is 7.11 Å². The highest BCUT2D eigenvalue weighted by atomic mass is 16.5. The number of rotatable bonds is 4. The van der Waals surface area contributed by atoms with Gasteiger partial charge in [-0.05, 0) is 5.39 Å². The predicted octanol–water partition coefficient (Wildman–Crippen LogP) is 1.48. The molecule has 1 amide bonds. The zero-order valence-corrected chi connectivity index (χ0v) is 12.0. The molecular formula is C16H19N3O2. The van der Waals surface area contributed by atoms with Gasteiger partial charge in [0, 0.05) is 49.5 Å². The molecule has 1 fully saturated rings. The van der Waals surface area contributed by atoms with Crippen LogP contribution in [0.25, 0.3) is 10.8 Å². The van der Waals surface area contributed by atoms with E-state index in [0.717, 1.165) is 16.3 Å². The summed E-state index contributed by atoms with van der Waals surface area (Å²) in [7, 11) is 1.63. The number of amides is 1. The second-order valence-corrected chi connectivity index (χ2v) is 5.34. The number of carbonyl (C=O) groups excluding carboxylic acids is 1. The van der Waals surface area contributed by atoms with Gasteiger partial charge in [-0.1, -0.05) is 24.3 Å². The maximum atomic E-state index is 12.2. The molecule has 5 nitrogen and oxygen atoms in total. The first-order chi connectivity index (χ1) is 10.2. The summed E-state index contributed by atoms with van der Waals surface area (Å²) in [6, 6.07) is 7.71. The highest BCUT2D eigenvalue weighted by Gasteiger charge is 2.39. The molecule has 0 bridgehead atoms. The van der Waals surface area contributed by atoms with Gasteiger partial charge >= 0.3 is 0 Å². The molecule has 0 radical (unpaired) electrons. The largest absolute Gasteiger partial charge is 0.383 e. The first kappa shape index (κ1) is 14.0. The fraction of sp³-hybridized carbons (Fsp3) is 0.375. The van der Waals surface area contributed by atoms with Crippen molar-refractivity contribution in [1.29, 1.82) is 0 Å². The number of benzene rings is 1. The van der Waals surface area contributed by atoms with Crippen LogP contribution in [-0.4, -0.2) is 42.1 Å². The van der Waals surface area contributed by atoms with Crippen LogP contribution in [0.3, 0.4) is 0 Å². The van der Waals surface area contributed by atoms with Crippen LogP contribution in [0, 0.1) is 0 Å². The Balaban J connectivity index is 2.04. The third kappa shape index (κ3) is 2.50. The first-order valence-corrected chi connectivity index (χ1v) is 7.09. The van der Waals surface area contributed by atoms with E-state index in [9.17, 15) is 4.79 Å². The monoisotopic (exact) mass is 285 g/mol. The van der Waals surface area contributed by atoms with E-state index < -0.39 is 0 Å². The highest BCUT2D eigenvalue weighted by molar-refractivity contribution is 5.87. The van der Waals surface area contributed by atoms with E-state index in [0.29, 0.717) is 19.6 Å². The second-order valence-electron chi connectivity index (χ2n) is 5.34. The SMILES string of the molecule is COCCN1C(=O)CC(N)C1c1cncc2ccccc12. The third-order valence-corrected chi connectivity index (χ3v) is 4.03. The van der Waals surface area contributed by atoms with E-state index in [1.807, 2.05) is 35.5 Å². The van der Waals surface area contributed by atoms with Gasteiger partial charge in [-0.25, -0.2) is 0 Å². The summed E-state index contributed by atoms with van der Waals surface area (Å²) in [6.07, 6.45) is 4.03. The minimum absolute atomic E-state index is 0.0810. The summed E-state index contributed by atoms with van der Waals surface area (Å²) in [6.45, 7) is 1.06. The van der Waals surface area contributed by atoms with Crippen molar-refractivity contribution in [2.45, 2.75) is 18.5 Å². The number of ether oxygens (including phenoxy) is 1. The Morgan fingerprint density at radius 2 is 2.19 bits per heavy atom. The molecule has 1 aromatic carbocycles. The lowest BCUT2D eigenvalue weighted by Gasteiger charge is -2.27. The third-order valence-electron chi connectivity index (χ3n) is 4.03. The summed E-state index contributed by atoms with van der Waals surface area (Å²) in [4.78, 5) is 18.3. The van der Waals surface area contributed by atoms with Crippen molar-refractivity contribution in [2.75, 3.05) is 20.3 Å². The van der Waals surface area contributed by atoms with Gasteiger partial charge in [-0.3, -0.25) is 9.78 Å². The molecule has 2 aromatic rings. The van der Waals surface area contributed by atoms with Crippen LogP contribution >= 0.6 is 0 Å². The molecule has 2 unspecified atom stereocenters. The van der Waals surface area contributed by atoms with Crippen LogP contribution in [0.4, 0.5) is 0 Å². The Kier molecular flexibility index (Phi) is 3.86. The number of hydrogen-bond donors (Lipinski definition) is 1. The zero-order valence-electron chi connectivity index (χ0n) is 12.0. The van der Waals surface area contributed by atoms with Gasteiger partial charge in [-0.15, -0.1) is 0 Å². The smallest absolute Gasteiger partial charge is 0.224 e. The quantitative estimate of drug-likeness (QED) is 0.924. The normalized spacial score (nSPS) is 22.2. The number of fused-ring (bicyclic) bond motifs is 1. The zero-order chi connectivity index (χ0) is 14.8. The Labute approximate surface area is 123 Å². The Morgan fingerprint density at radius 1 is 1.38 bits per heavy atom. The van der Waals surface area contributed by atoms with Gasteiger partial charge in [0.2, 0.25) is 5.91 Å². The molecule has 110 valence electrons. The molecule has 1 aromatic heterocycles. The Bertz CT molecular complexity index is 654. The number of carbonyl (C=O) groups is 1. The van der Waals surface area contributed by atoms with E-state index in [-0.39, 0.29) is 18.0 Å². The molecule has 0 spiro atoms. The standard InChI is InChI=1S/C16H19N3O2/c1-21-7-6-19-15(20)8-14(17)16(19)13-10-18-9-11-4-2-3-5-12(11)13/h2-5,9-10,14,16H,6-8,17H2,1H3.